The smallest absolute Gasteiger partial charge is 0.124 e. The van der Waals surface area contributed by atoms with Gasteiger partial charge in [-0.1, -0.05) is 25.5 Å². The summed E-state index contributed by atoms with van der Waals surface area (Å²) in [4.78, 5) is 0. The Morgan fingerprint density at radius 1 is 1.17 bits per heavy atom. The Balaban J connectivity index is 0.00000124. The fourth-order valence-corrected chi connectivity index (χ4v) is 5.43. The first-order chi connectivity index (χ1) is 14.5. The first kappa shape index (κ1) is 24.0. The molecule has 174 valence electrons. The van der Waals surface area contributed by atoms with Gasteiger partial charge in [0.05, 0.1) is 12.3 Å². The van der Waals surface area contributed by atoms with Crippen LogP contribution in [-0.2, 0) is 4.74 Å². The average molecular weight is 430 g/mol. The molecule has 0 amide bonds. The summed E-state index contributed by atoms with van der Waals surface area (Å²) >= 11 is 0. The van der Waals surface area contributed by atoms with Crippen molar-refractivity contribution in [3.05, 3.63) is 11.6 Å². The van der Waals surface area contributed by atoms with Crippen molar-refractivity contribution in [2.75, 3.05) is 26.7 Å². The average Bonchev–Trinajstić information content (AvgIpc) is 3.09. The second kappa shape index (κ2) is 11.3. The van der Waals surface area contributed by atoms with Crippen molar-refractivity contribution in [1.29, 1.82) is 0 Å². The number of fused-ring (bicyclic) bond motifs is 1. The zero-order valence-corrected chi connectivity index (χ0v) is 18.9. The Labute approximate surface area is 180 Å². The molecule has 2 saturated heterocycles. The van der Waals surface area contributed by atoms with E-state index in [1.807, 2.05) is 27.0 Å². The van der Waals surface area contributed by atoms with E-state index in [1.54, 1.807) is 0 Å². The molecule has 6 nitrogen and oxygen atoms in total. The number of nitrogens with one attached hydrogen (secondary N) is 5. The van der Waals surface area contributed by atoms with Gasteiger partial charge in [0.15, 0.2) is 0 Å². The van der Waals surface area contributed by atoms with Crippen molar-refractivity contribution in [1.82, 2.24) is 26.6 Å². The molecule has 0 aromatic carbocycles. The van der Waals surface area contributed by atoms with Gasteiger partial charge in [0, 0.05) is 44.1 Å². The zero-order chi connectivity index (χ0) is 21.7. The molecular weight excluding hydrogens is 388 g/mol. The second-order valence-corrected chi connectivity index (χ2v) is 8.85. The van der Waals surface area contributed by atoms with Crippen molar-refractivity contribution < 1.29 is 13.5 Å². The summed E-state index contributed by atoms with van der Waals surface area (Å²) in [6.45, 7) is 7.75. The van der Waals surface area contributed by atoms with Crippen LogP contribution < -0.4 is 26.6 Å². The minimum absolute atomic E-state index is 0.124. The summed E-state index contributed by atoms with van der Waals surface area (Å²) in [6, 6.07) is 0.0510. The molecule has 0 bridgehead atoms. The first-order valence-corrected chi connectivity index (χ1v) is 11.8. The van der Waals surface area contributed by atoms with Gasteiger partial charge >= 0.3 is 0 Å². The zero-order valence-electron chi connectivity index (χ0n) is 18.9. The van der Waals surface area contributed by atoms with E-state index in [1.165, 1.54) is 0 Å². The fraction of sp³-hybridized carbons (Fsp3) is 0.909. The Hall–Kier alpha value is -0.640. The quantitative estimate of drug-likeness (QED) is 0.439. The van der Waals surface area contributed by atoms with Gasteiger partial charge in [-0.25, -0.2) is 8.78 Å². The highest BCUT2D eigenvalue weighted by Crippen LogP contribution is 2.44. The van der Waals surface area contributed by atoms with Crippen LogP contribution >= 0.6 is 0 Å². The highest BCUT2D eigenvalue weighted by molar-refractivity contribution is 5.19. The summed E-state index contributed by atoms with van der Waals surface area (Å²) in [5, 5.41) is 16.7. The van der Waals surface area contributed by atoms with Crippen LogP contribution in [0.2, 0.25) is 0 Å². The Morgan fingerprint density at radius 2 is 1.97 bits per heavy atom. The Morgan fingerprint density at radius 3 is 2.73 bits per heavy atom. The number of halogens is 2. The van der Waals surface area contributed by atoms with Gasteiger partial charge < -0.3 is 15.4 Å². The highest BCUT2D eigenvalue weighted by atomic mass is 19.1. The van der Waals surface area contributed by atoms with Crippen molar-refractivity contribution >= 4 is 0 Å². The maximum absolute atomic E-state index is 15.8. The number of alkyl halides is 2. The van der Waals surface area contributed by atoms with E-state index >= 15 is 4.39 Å². The van der Waals surface area contributed by atoms with Gasteiger partial charge in [0.2, 0.25) is 0 Å². The Bertz CT molecular complexity index is 566. The molecule has 1 aliphatic carbocycles. The third-order valence-corrected chi connectivity index (χ3v) is 6.80. The summed E-state index contributed by atoms with van der Waals surface area (Å²) in [5.74, 6) is -0.0382. The van der Waals surface area contributed by atoms with E-state index in [0.717, 1.165) is 24.8 Å². The molecular formula is C22H41F2N5O. The van der Waals surface area contributed by atoms with E-state index in [0.29, 0.717) is 38.1 Å². The van der Waals surface area contributed by atoms with Crippen LogP contribution in [0.3, 0.4) is 0 Å². The van der Waals surface area contributed by atoms with E-state index in [-0.39, 0.29) is 30.5 Å². The third-order valence-electron chi connectivity index (χ3n) is 6.80. The fourth-order valence-electron chi connectivity index (χ4n) is 5.43. The minimum Gasteiger partial charge on any atom is -0.377 e. The largest absolute Gasteiger partial charge is 0.377 e. The summed E-state index contributed by atoms with van der Waals surface area (Å²) < 4.78 is 36.0. The lowest BCUT2D eigenvalue weighted by Gasteiger charge is -2.45. The van der Waals surface area contributed by atoms with Gasteiger partial charge in [-0.2, -0.15) is 0 Å². The number of rotatable bonds is 4. The molecule has 9 atom stereocenters. The molecule has 4 aliphatic rings. The summed E-state index contributed by atoms with van der Waals surface area (Å²) in [7, 11) is 1.93. The van der Waals surface area contributed by atoms with Crippen molar-refractivity contribution in [2.24, 2.45) is 11.8 Å². The molecule has 0 aromatic rings. The molecule has 3 aliphatic heterocycles. The predicted octanol–water partition coefficient (Wildman–Crippen LogP) is 1.79. The summed E-state index contributed by atoms with van der Waals surface area (Å²) in [5.41, 5.74) is 0.888. The molecule has 0 aromatic heterocycles. The minimum atomic E-state index is -1.09. The molecule has 0 radical (unpaired) electrons. The molecule has 0 spiro atoms. The van der Waals surface area contributed by atoms with E-state index < -0.39 is 12.3 Å². The molecule has 30 heavy (non-hydrogen) atoms. The van der Waals surface area contributed by atoms with Crippen LogP contribution in [0.4, 0.5) is 8.78 Å². The predicted molar refractivity (Wildman–Crippen MR) is 117 cm³/mol. The van der Waals surface area contributed by atoms with Crippen LogP contribution in [0.5, 0.6) is 0 Å². The van der Waals surface area contributed by atoms with Gasteiger partial charge in [0.1, 0.15) is 18.6 Å². The van der Waals surface area contributed by atoms with Crippen LogP contribution in [0.25, 0.3) is 0 Å². The standard InChI is InChI=1S/C20H35F2N5O.C2H6/c1-11-7-16(23-2)27-20(25-11)26-15-9-13-4-6-28-19(13)17(18(15)22)12-3-5-24-10-14(21)8-12;1-2/h3,11,13-20,23-27H,4-10H2,1-2H3;1-2H3. The number of hydrogen-bond acceptors (Lipinski definition) is 6. The molecule has 4 rings (SSSR count). The first-order valence-electron chi connectivity index (χ1n) is 11.8. The maximum Gasteiger partial charge on any atom is 0.124 e. The molecule has 5 N–H and O–H groups in total. The highest BCUT2D eigenvalue weighted by Gasteiger charge is 2.50. The third kappa shape index (κ3) is 5.58. The van der Waals surface area contributed by atoms with Crippen molar-refractivity contribution in [3.8, 4) is 0 Å². The van der Waals surface area contributed by atoms with Crippen LogP contribution in [-0.4, -0.2) is 69.7 Å². The lowest BCUT2D eigenvalue weighted by molar-refractivity contribution is -0.0269. The van der Waals surface area contributed by atoms with Crippen molar-refractivity contribution in [3.63, 3.8) is 0 Å². The number of hydrogen-bond donors (Lipinski definition) is 5. The number of ether oxygens (including phenoxy) is 1. The SMILES string of the molecule is CC.CNC1CC(C)NC(NC2CC3CCOC3C(C3=CCNCC(F)C3)C2F)N1. The van der Waals surface area contributed by atoms with E-state index in [2.05, 4.69) is 33.5 Å². The molecule has 3 fully saturated rings. The van der Waals surface area contributed by atoms with Crippen molar-refractivity contribution in [2.45, 2.75) is 89.4 Å². The monoisotopic (exact) mass is 429 g/mol. The topological polar surface area (TPSA) is 69.4 Å². The van der Waals surface area contributed by atoms with E-state index in [4.69, 9.17) is 4.74 Å². The molecule has 1 saturated carbocycles. The molecule has 8 heteroatoms. The van der Waals surface area contributed by atoms with Gasteiger partial charge in [-0.05, 0) is 39.2 Å². The lowest BCUT2D eigenvalue weighted by atomic mass is 9.70. The summed E-state index contributed by atoms with van der Waals surface area (Å²) in [6.07, 6.45) is 2.84. The Kier molecular flexibility index (Phi) is 9.04. The van der Waals surface area contributed by atoms with Gasteiger partial charge in [-0.15, -0.1) is 0 Å². The molecule has 9 unspecified atom stereocenters. The van der Waals surface area contributed by atoms with Gasteiger partial charge in [0.25, 0.3) is 0 Å². The van der Waals surface area contributed by atoms with Gasteiger partial charge in [-0.3, -0.25) is 16.0 Å². The lowest BCUT2D eigenvalue weighted by Crippen LogP contribution is -2.69. The normalized spacial score (nSPS) is 44.3. The van der Waals surface area contributed by atoms with Crippen LogP contribution in [0.15, 0.2) is 11.6 Å². The van der Waals surface area contributed by atoms with Crippen LogP contribution in [0.1, 0.15) is 46.5 Å². The maximum atomic E-state index is 15.8. The second-order valence-electron chi connectivity index (χ2n) is 8.85. The van der Waals surface area contributed by atoms with Crippen LogP contribution in [0, 0.1) is 11.8 Å². The molecule has 3 heterocycles. The van der Waals surface area contributed by atoms with E-state index in [9.17, 15) is 4.39 Å².